The van der Waals surface area contributed by atoms with E-state index in [-0.39, 0.29) is 12.5 Å². The molecule has 0 aliphatic heterocycles. The van der Waals surface area contributed by atoms with Crippen LogP contribution in [0.1, 0.15) is 30.6 Å². The van der Waals surface area contributed by atoms with Crippen LogP contribution < -0.4 is 5.32 Å². The Kier molecular flexibility index (Phi) is 4.98. The van der Waals surface area contributed by atoms with E-state index in [0.717, 1.165) is 4.47 Å². The number of aliphatic hydroxyl groups excluding tert-OH is 1. The molecule has 1 aromatic carbocycles. The molecule has 0 aliphatic carbocycles. The molecule has 3 nitrogen and oxygen atoms in total. The number of carbonyl (C=O) groups is 1. The molecule has 17 heavy (non-hydrogen) atoms. The quantitative estimate of drug-likeness (QED) is 0.896. The fourth-order valence-electron chi connectivity index (χ4n) is 1.41. The molecule has 94 valence electrons. The minimum absolute atomic E-state index is 0.0342. The smallest absolute Gasteiger partial charge is 0.251 e. The maximum atomic E-state index is 12.0. The molecule has 0 unspecified atom stereocenters. The van der Waals surface area contributed by atoms with Crippen molar-refractivity contribution >= 4 is 33.4 Å². The van der Waals surface area contributed by atoms with Gasteiger partial charge < -0.3 is 10.4 Å². The van der Waals surface area contributed by atoms with Gasteiger partial charge in [-0.3, -0.25) is 4.79 Å². The van der Waals surface area contributed by atoms with Gasteiger partial charge in [0.05, 0.1) is 0 Å². The molecule has 0 spiro atoms. The lowest BCUT2D eigenvalue weighted by molar-refractivity contribution is 0.0899. The number of aliphatic hydroxyl groups is 1. The lowest BCUT2D eigenvalue weighted by Gasteiger charge is -2.25. The Morgan fingerprint density at radius 3 is 2.65 bits per heavy atom. The largest absolute Gasteiger partial charge is 0.396 e. The van der Waals surface area contributed by atoms with Crippen LogP contribution in [0.3, 0.4) is 0 Å². The zero-order chi connectivity index (χ0) is 13.1. The van der Waals surface area contributed by atoms with E-state index in [1.807, 2.05) is 13.8 Å². The third kappa shape index (κ3) is 4.66. The minimum Gasteiger partial charge on any atom is -0.396 e. The minimum atomic E-state index is -0.444. The van der Waals surface area contributed by atoms with Crippen LogP contribution in [0.5, 0.6) is 0 Å². The summed E-state index contributed by atoms with van der Waals surface area (Å²) in [6, 6.07) is 5.03. The maximum absolute atomic E-state index is 12.0. The van der Waals surface area contributed by atoms with Crippen LogP contribution in [-0.4, -0.2) is 23.2 Å². The zero-order valence-electron chi connectivity index (χ0n) is 9.76. The second-order valence-electron chi connectivity index (χ2n) is 4.47. The monoisotopic (exact) mass is 319 g/mol. The Hall–Kier alpha value is -0.580. The predicted octanol–water partition coefficient (Wildman–Crippen LogP) is 2.99. The highest BCUT2D eigenvalue weighted by Gasteiger charge is 2.20. The molecule has 0 aliphatic rings. The molecule has 1 amide bonds. The van der Waals surface area contributed by atoms with Gasteiger partial charge in [-0.05, 0) is 38.5 Å². The molecule has 0 saturated carbocycles. The average Bonchev–Trinajstić information content (AvgIpc) is 2.14. The van der Waals surface area contributed by atoms with Gasteiger partial charge in [0.25, 0.3) is 5.91 Å². The van der Waals surface area contributed by atoms with E-state index in [0.29, 0.717) is 17.0 Å². The van der Waals surface area contributed by atoms with Gasteiger partial charge in [0, 0.05) is 27.2 Å². The summed E-state index contributed by atoms with van der Waals surface area (Å²) in [7, 11) is 0. The van der Waals surface area contributed by atoms with Gasteiger partial charge in [0.15, 0.2) is 0 Å². The van der Waals surface area contributed by atoms with Crippen molar-refractivity contribution in [3.63, 3.8) is 0 Å². The Bertz CT molecular complexity index is 401. The lowest BCUT2D eigenvalue weighted by Crippen LogP contribution is -2.44. The van der Waals surface area contributed by atoms with Crippen molar-refractivity contribution < 1.29 is 9.90 Å². The van der Waals surface area contributed by atoms with Crippen molar-refractivity contribution in [3.05, 3.63) is 33.3 Å². The van der Waals surface area contributed by atoms with Crippen molar-refractivity contribution in [1.29, 1.82) is 0 Å². The van der Waals surface area contributed by atoms with Crippen LogP contribution >= 0.6 is 27.5 Å². The van der Waals surface area contributed by atoms with E-state index in [1.54, 1.807) is 18.2 Å². The molecule has 0 heterocycles. The molecule has 2 N–H and O–H groups in total. The van der Waals surface area contributed by atoms with E-state index >= 15 is 0 Å². The molecule has 5 heteroatoms. The van der Waals surface area contributed by atoms with Crippen LogP contribution in [0.4, 0.5) is 0 Å². The van der Waals surface area contributed by atoms with Crippen molar-refractivity contribution in [3.8, 4) is 0 Å². The van der Waals surface area contributed by atoms with E-state index in [2.05, 4.69) is 21.2 Å². The summed E-state index contributed by atoms with van der Waals surface area (Å²) < 4.78 is 0.759. The van der Waals surface area contributed by atoms with Gasteiger partial charge >= 0.3 is 0 Å². The summed E-state index contributed by atoms with van der Waals surface area (Å²) in [5.74, 6) is -0.202. The molecule has 0 radical (unpaired) electrons. The van der Waals surface area contributed by atoms with Crippen LogP contribution in [0.2, 0.25) is 5.02 Å². The molecule has 0 fully saturated rings. The fraction of sp³-hybridized carbons (Fsp3) is 0.417. The van der Waals surface area contributed by atoms with Crippen molar-refractivity contribution in [1.82, 2.24) is 5.32 Å². The third-order valence-corrected chi connectivity index (χ3v) is 2.99. The summed E-state index contributed by atoms with van der Waals surface area (Å²) in [5, 5.41) is 12.2. The second kappa shape index (κ2) is 5.85. The second-order valence-corrected chi connectivity index (χ2v) is 5.82. The third-order valence-electron chi connectivity index (χ3n) is 2.31. The van der Waals surface area contributed by atoms with Crippen molar-refractivity contribution in [2.24, 2.45) is 0 Å². The normalized spacial score (nSPS) is 11.4. The SMILES string of the molecule is CC(C)(CCO)NC(=O)c1cc(Cl)cc(Br)c1. The standard InChI is InChI=1S/C12H15BrClNO2/c1-12(2,3-4-16)15-11(17)8-5-9(13)7-10(14)6-8/h5-7,16H,3-4H2,1-2H3,(H,15,17). The number of nitrogens with one attached hydrogen (secondary N) is 1. The molecule has 1 rings (SSSR count). The van der Waals surface area contributed by atoms with Gasteiger partial charge in [0.2, 0.25) is 0 Å². The Labute approximate surface area is 114 Å². The molecule has 0 saturated heterocycles. The average molecular weight is 321 g/mol. The first-order chi connectivity index (χ1) is 7.84. The molecular formula is C12H15BrClNO2. The predicted molar refractivity (Wildman–Crippen MR) is 72.4 cm³/mol. The molecule has 0 atom stereocenters. The van der Waals surface area contributed by atoms with E-state index in [4.69, 9.17) is 16.7 Å². The van der Waals surface area contributed by atoms with E-state index in [1.165, 1.54) is 0 Å². The molecular weight excluding hydrogens is 305 g/mol. The van der Waals surface area contributed by atoms with Gasteiger partial charge in [-0.15, -0.1) is 0 Å². The van der Waals surface area contributed by atoms with Crippen LogP contribution in [0.15, 0.2) is 22.7 Å². The zero-order valence-corrected chi connectivity index (χ0v) is 12.1. The maximum Gasteiger partial charge on any atom is 0.251 e. The first kappa shape index (κ1) is 14.5. The van der Waals surface area contributed by atoms with Gasteiger partial charge in [-0.2, -0.15) is 0 Å². The highest BCUT2D eigenvalue weighted by molar-refractivity contribution is 9.10. The number of rotatable bonds is 4. The lowest BCUT2D eigenvalue weighted by atomic mass is 10.0. The fourth-order valence-corrected chi connectivity index (χ4v) is 2.27. The summed E-state index contributed by atoms with van der Waals surface area (Å²) in [6.45, 7) is 3.76. The molecule has 0 bridgehead atoms. The van der Waals surface area contributed by atoms with Gasteiger partial charge in [0.1, 0.15) is 0 Å². The molecule has 0 aromatic heterocycles. The number of amides is 1. The highest BCUT2D eigenvalue weighted by Crippen LogP contribution is 2.20. The van der Waals surface area contributed by atoms with Gasteiger partial charge in [-0.25, -0.2) is 0 Å². The number of hydrogen-bond acceptors (Lipinski definition) is 2. The Morgan fingerprint density at radius 2 is 2.12 bits per heavy atom. The summed E-state index contributed by atoms with van der Waals surface area (Å²) in [5.41, 5.74) is 0.0519. The Balaban J connectivity index is 2.83. The topological polar surface area (TPSA) is 49.3 Å². The first-order valence-electron chi connectivity index (χ1n) is 5.23. The first-order valence-corrected chi connectivity index (χ1v) is 6.40. The van der Waals surface area contributed by atoms with Crippen LogP contribution in [-0.2, 0) is 0 Å². The number of carbonyl (C=O) groups excluding carboxylic acids is 1. The number of hydrogen-bond donors (Lipinski definition) is 2. The summed E-state index contributed by atoms with van der Waals surface area (Å²) in [6.07, 6.45) is 0.500. The molecule has 1 aromatic rings. The van der Waals surface area contributed by atoms with Crippen LogP contribution in [0, 0.1) is 0 Å². The van der Waals surface area contributed by atoms with Crippen molar-refractivity contribution in [2.75, 3.05) is 6.61 Å². The van der Waals surface area contributed by atoms with E-state index in [9.17, 15) is 4.79 Å². The highest BCUT2D eigenvalue weighted by atomic mass is 79.9. The summed E-state index contributed by atoms with van der Waals surface area (Å²) in [4.78, 5) is 12.0. The van der Waals surface area contributed by atoms with Gasteiger partial charge in [-0.1, -0.05) is 27.5 Å². The van der Waals surface area contributed by atoms with Crippen molar-refractivity contribution in [2.45, 2.75) is 25.8 Å². The number of benzene rings is 1. The Morgan fingerprint density at radius 1 is 1.47 bits per heavy atom. The number of halogens is 2. The van der Waals surface area contributed by atoms with E-state index < -0.39 is 5.54 Å². The summed E-state index contributed by atoms with van der Waals surface area (Å²) >= 11 is 9.16. The van der Waals surface area contributed by atoms with Crippen LogP contribution in [0.25, 0.3) is 0 Å².